The maximum absolute atomic E-state index is 13.1. The molecule has 0 bridgehead atoms. The van der Waals surface area contributed by atoms with Crippen LogP contribution in [0.3, 0.4) is 0 Å². The normalized spacial score (nSPS) is 17.8. The van der Waals surface area contributed by atoms with Crippen molar-refractivity contribution in [3.63, 3.8) is 0 Å². The second kappa shape index (κ2) is 12.3. The summed E-state index contributed by atoms with van der Waals surface area (Å²) in [6.45, 7) is 7.53. The lowest BCUT2D eigenvalue weighted by atomic mass is 9.89. The lowest BCUT2D eigenvalue weighted by Crippen LogP contribution is -2.49. The van der Waals surface area contributed by atoms with Gasteiger partial charge in [0.25, 0.3) is 5.56 Å². The van der Waals surface area contributed by atoms with Crippen molar-refractivity contribution in [1.82, 2.24) is 19.4 Å². The second-order valence-electron chi connectivity index (χ2n) is 10.7. The van der Waals surface area contributed by atoms with Gasteiger partial charge in [-0.15, -0.1) is 0 Å². The van der Waals surface area contributed by atoms with Crippen LogP contribution in [0.4, 0.5) is 5.69 Å². The Hall–Kier alpha value is -3.21. The third-order valence-electron chi connectivity index (χ3n) is 7.56. The molecule has 1 aromatic carbocycles. The van der Waals surface area contributed by atoms with Gasteiger partial charge in [-0.1, -0.05) is 20.4 Å². The number of ether oxygens (including phenoxy) is 3. The van der Waals surface area contributed by atoms with E-state index in [-0.39, 0.29) is 39.1 Å². The van der Waals surface area contributed by atoms with Crippen molar-refractivity contribution in [1.29, 1.82) is 0 Å². The average Bonchev–Trinajstić information content (AvgIpc) is 3.24. The second-order valence-corrected chi connectivity index (χ2v) is 10.7. The van der Waals surface area contributed by atoms with Gasteiger partial charge < -0.3 is 33.6 Å². The van der Waals surface area contributed by atoms with Crippen molar-refractivity contribution in [3.05, 3.63) is 58.3 Å². The summed E-state index contributed by atoms with van der Waals surface area (Å²) < 4.78 is 19.8. The van der Waals surface area contributed by atoms with Gasteiger partial charge >= 0.3 is 0 Å². The van der Waals surface area contributed by atoms with Crippen molar-refractivity contribution >= 4 is 22.6 Å². The standard InChI is InChI=1S/C28H37N5O5.CH4.H2/c1-20-7-8-21-22(33(20)18-38-19-36-3)9-10-23-27(21)30-24(11-13-31-12-5-4-6-26(31)35)32(23)14-25(34)29-15-28(2)16-37-17-28;;/h4-6,9-10,12,20H,7-8,11,13-19H2,1-3H3,(H,29,34);1H4;1H/t20-;;/m0../s1. The van der Waals surface area contributed by atoms with Crippen molar-refractivity contribution in [2.45, 2.75) is 59.7 Å². The molecule has 2 aromatic heterocycles. The van der Waals surface area contributed by atoms with Gasteiger partial charge in [-0.05, 0) is 38.0 Å². The quantitative estimate of drug-likeness (QED) is 0.294. The lowest BCUT2D eigenvalue weighted by molar-refractivity contribution is -0.127. The van der Waals surface area contributed by atoms with E-state index >= 15 is 0 Å². The number of fused-ring (bicyclic) bond motifs is 3. The van der Waals surface area contributed by atoms with Gasteiger partial charge in [-0.25, -0.2) is 4.98 Å². The summed E-state index contributed by atoms with van der Waals surface area (Å²) in [6, 6.07) is 9.62. The highest BCUT2D eigenvalue weighted by molar-refractivity contribution is 5.88. The zero-order chi connectivity index (χ0) is 26.7. The third kappa shape index (κ3) is 6.18. The summed E-state index contributed by atoms with van der Waals surface area (Å²) in [7, 11) is 1.62. The third-order valence-corrected chi connectivity index (χ3v) is 7.56. The highest BCUT2D eigenvalue weighted by atomic mass is 16.7. The number of nitrogens with one attached hydrogen (secondary N) is 1. The minimum Gasteiger partial charge on any atom is -0.380 e. The Morgan fingerprint density at radius 2 is 2.10 bits per heavy atom. The summed E-state index contributed by atoms with van der Waals surface area (Å²) in [5.41, 5.74) is 4.05. The van der Waals surface area contributed by atoms with E-state index in [1.807, 2.05) is 10.6 Å². The summed E-state index contributed by atoms with van der Waals surface area (Å²) >= 11 is 0. The first-order chi connectivity index (χ1) is 18.4. The minimum absolute atomic E-state index is 0. The highest BCUT2D eigenvalue weighted by Gasteiger charge is 2.33. The number of aryl methyl sites for hydroxylation is 3. The van der Waals surface area contributed by atoms with Crippen molar-refractivity contribution in [3.8, 4) is 0 Å². The van der Waals surface area contributed by atoms with Crippen LogP contribution in [0, 0.1) is 5.41 Å². The van der Waals surface area contributed by atoms with Crippen LogP contribution in [0.15, 0.2) is 41.3 Å². The first-order valence-corrected chi connectivity index (χ1v) is 13.2. The van der Waals surface area contributed by atoms with Crippen molar-refractivity contribution in [2.24, 2.45) is 5.41 Å². The number of anilines is 1. The van der Waals surface area contributed by atoms with E-state index in [4.69, 9.17) is 19.2 Å². The van der Waals surface area contributed by atoms with Crippen LogP contribution in [-0.2, 0) is 44.9 Å². The van der Waals surface area contributed by atoms with Crippen LogP contribution in [0.5, 0.6) is 0 Å². The Kier molecular flexibility index (Phi) is 9.09. The van der Waals surface area contributed by atoms with Gasteiger partial charge in [0.05, 0.1) is 24.2 Å². The van der Waals surface area contributed by atoms with Gasteiger partial charge in [-0.3, -0.25) is 9.59 Å². The summed E-state index contributed by atoms with van der Waals surface area (Å²) in [5.74, 6) is 0.731. The number of imidazole rings is 1. The minimum atomic E-state index is -0.0588. The largest absolute Gasteiger partial charge is 0.380 e. The Bertz CT molecular complexity index is 1350. The molecule has 1 N–H and O–H groups in total. The van der Waals surface area contributed by atoms with Crippen molar-refractivity contribution in [2.75, 3.05) is 45.3 Å². The molecule has 2 aliphatic rings. The molecule has 39 heavy (non-hydrogen) atoms. The van der Waals surface area contributed by atoms with E-state index in [1.54, 1.807) is 30.0 Å². The topological polar surface area (TPSA) is 99.9 Å². The Morgan fingerprint density at radius 3 is 2.82 bits per heavy atom. The van der Waals surface area contributed by atoms with Crippen LogP contribution in [0.25, 0.3) is 11.0 Å². The predicted molar refractivity (Wildman–Crippen MR) is 153 cm³/mol. The number of nitrogens with zero attached hydrogens (tertiary/aromatic N) is 4. The molecule has 3 aromatic rings. The Labute approximate surface area is 231 Å². The number of carbonyl (C=O) groups is 1. The van der Waals surface area contributed by atoms with E-state index < -0.39 is 0 Å². The number of hydrogen-bond acceptors (Lipinski definition) is 7. The number of aromatic nitrogens is 3. The first kappa shape index (κ1) is 28.8. The summed E-state index contributed by atoms with van der Waals surface area (Å²) in [6.07, 6.45) is 4.19. The molecular weight excluding hydrogens is 498 g/mol. The molecular formula is C29H43N5O5. The van der Waals surface area contributed by atoms with Gasteiger partial charge in [0.1, 0.15) is 25.9 Å². The number of rotatable bonds is 11. The fourth-order valence-electron chi connectivity index (χ4n) is 5.26. The van der Waals surface area contributed by atoms with E-state index in [9.17, 15) is 9.59 Å². The van der Waals surface area contributed by atoms with E-state index in [0.717, 1.165) is 41.0 Å². The molecule has 4 heterocycles. The Balaban J connectivity index is 0.00000220. The summed E-state index contributed by atoms with van der Waals surface area (Å²) in [4.78, 5) is 32.7. The molecule has 1 atom stereocenters. The van der Waals surface area contributed by atoms with Crippen LogP contribution >= 0.6 is 0 Å². The number of hydrogen-bond donors (Lipinski definition) is 1. The maximum Gasteiger partial charge on any atom is 0.250 e. The number of benzene rings is 1. The van der Waals surface area contributed by atoms with Crippen LogP contribution < -0.4 is 15.8 Å². The molecule has 10 nitrogen and oxygen atoms in total. The molecule has 0 radical (unpaired) electrons. The molecule has 5 rings (SSSR count). The maximum atomic E-state index is 13.1. The molecule has 0 spiro atoms. The fraction of sp³-hybridized carbons (Fsp3) is 0.552. The lowest BCUT2D eigenvalue weighted by Gasteiger charge is -2.38. The molecule has 2 aliphatic heterocycles. The average molecular weight is 542 g/mol. The van der Waals surface area contributed by atoms with Crippen LogP contribution in [0.2, 0.25) is 0 Å². The molecule has 1 fully saturated rings. The Morgan fingerprint density at radius 1 is 1.28 bits per heavy atom. The van der Waals surface area contributed by atoms with E-state index in [0.29, 0.717) is 45.5 Å². The van der Waals surface area contributed by atoms with E-state index in [1.165, 1.54) is 0 Å². The molecule has 214 valence electrons. The highest BCUT2D eigenvalue weighted by Crippen LogP contribution is 2.36. The van der Waals surface area contributed by atoms with Gasteiger partial charge in [0.15, 0.2) is 0 Å². The zero-order valence-corrected chi connectivity index (χ0v) is 22.4. The summed E-state index contributed by atoms with van der Waals surface area (Å²) in [5, 5.41) is 3.08. The molecule has 0 aliphatic carbocycles. The SMILES string of the molecule is C.COCOCN1c2ccc3c(nc(CCn4ccccc4=O)n3CC(=O)NCC3(C)COC3)c2CC[C@@H]1C.[HH]. The first-order valence-electron chi connectivity index (χ1n) is 13.2. The smallest absolute Gasteiger partial charge is 0.250 e. The van der Waals surface area contributed by atoms with Gasteiger partial charge in [0.2, 0.25) is 5.91 Å². The number of methoxy groups -OCH3 is 1. The van der Waals surface area contributed by atoms with Crippen molar-refractivity contribution < 1.29 is 20.4 Å². The molecule has 1 saturated heterocycles. The van der Waals surface area contributed by atoms with Gasteiger partial charge in [0, 0.05) is 63.0 Å². The number of carbonyl (C=O) groups excluding carboxylic acids is 1. The molecule has 0 saturated carbocycles. The van der Waals surface area contributed by atoms with Crippen LogP contribution in [-0.4, -0.2) is 66.5 Å². The fourth-order valence-corrected chi connectivity index (χ4v) is 5.26. The molecule has 1 amide bonds. The number of pyridine rings is 1. The van der Waals surface area contributed by atoms with E-state index in [2.05, 4.69) is 36.2 Å². The monoisotopic (exact) mass is 541 g/mol. The van der Waals surface area contributed by atoms with Gasteiger partial charge in [-0.2, -0.15) is 0 Å². The molecule has 0 unspecified atom stereocenters. The molecule has 10 heteroatoms. The zero-order valence-electron chi connectivity index (χ0n) is 22.4. The number of amides is 1. The predicted octanol–water partition coefficient (Wildman–Crippen LogP) is 3.19. The van der Waals surface area contributed by atoms with Crippen LogP contribution in [0.1, 0.15) is 40.5 Å².